The van der Waals surface area contributed by atoms with Gasteiger partial charge in [-0.3, -0.25) is 29.1 Å². The maximum atomic E-state index is 14.0. The lowest BCUT2D eigenvalue weighted by Crippen LogP contribution is -2.55. The predicted molar refractivity (Wildman–Crippen MR) is 205 cm³/mol. The van der Waals surface area contributed by atoms with Crippen LogP contribution in [0.3, 0.4) is 0 Å². The Hall–Kier alpha value is -6.07. The van der Waals surface area contributed by atoms with E-state index in [0.717, 1.165) is 10.6 Å². The molecule has 56 heavy (non-hydrogen) atoms. The molecule has 0 unspecified atom stereocenters. The SMILES string of the molecule is CC(C)C[C@H](NC(=O)[C@@H]1CCCN1C(=O)OCc1ccccc1)C(=O)NCC(=O)N1CCC[C@H]1C(=O)N(N=Nc1ccccc1)[C@@H](CCCN=C(N)N)C(=O)O. The first-order valence-electron chi connectivity index (χ1n) is 18.8. The number of nitrogens with one attached hydrogen (secondary N) is 2. The number of amides is 5. The predicted octanol–water partition coefficient (Wildman–Crippen LogP) is 2.46. The first-order chi connectivity index (χ1) is 26.8. The summed E-state index contributed by atoms with van der Waals surface area (Å²) in [6, 6.07) is 13.3. The van der Waals surface area contributed by atoms with E-state index in [4.69, 9.17) is 16.2 Å². The second kappa shape index (κ2) is 21.1. The van der Waals surface area contributed by atoms with Gasteiger partial charge in [0.05, 0.1) is 12.2 Å². The summed E-state index contributed by atoms with van der Waals surface area (Å²) in [5.41, 5.74) is 12.0. The van der Waals surface area contributed by atoms with E-state index in [-0.39, 0.29) is 57.3 Å². The van der Waals surface area contributed by atoms with Gasteiger partial charge in [0, 0.05) is 19.6 Å². The lowest BCUT2D eigenvalue weighted by atomic mass is 10.0. The van der Waals surface area contributed by atoms with Crippen molar-refractivity contribution in [3.8, 4) is 0 Å². The molecule has 2 fully saturated rings. The minimum atomic E-state index is -1.44. The molecule has 7 N–H and O–H groups in total. The number of likely N-dealkylation sites (tertiary alicyclic amines) is 2. The number of aliphatic imine (C=N–C) groups is 1. The molecule has 0 bridgehead atoms. The Bertz CT molecular complexity index is 1720. The zero-order valence-electron chi connectivity index (χ0n) is 31.8. The number of hydrogen-bond acceptors (Lipinski definition) is 10. The highest BCUT2D eigenvalue weighted by molar-refractivity contribution is 5.95. The van der Waals surface area contributed by atoms with Crippen molar-refractivity contribution in [1.29, 1.82) is 0 Å². The minimum Gasteiger partial charge on any atom is -0.480 e. The van der Waals surface area contributed by atoms with Crippen LogP contribution in [0.25, 0.3) is 0 Å². The Balaban J connectivity index is 1.41. The van der Waals surface area contributed by atoms with Crippen LogP contribution >= 0.6 is 0 Å². The van der Waals surface area contributed by atoms with Crippen LogP contribution in [0.2, 0.25) is 0 Å². The Morgan fingerprint density at radius 2 is 1.57 bits per heavy atom. The molecular formula is C38H52N10O8. The molecule has 5 amide bonds. The summed E-state index contributed by atoms with van der Waals surface area (Å²) in [5.74, 6) is -3.94. The lowest BCUT2D eigenvalue weighted by Gasteiger charge is -2.30. The molecule has 0 radical (unpaired) electrons. The highest BCUT2D eigenvalue weighted by Crippen LogP contribution is 2.24. The fraction of sp³-hybridized carbons (Fsp3) is 0.500. The fourth-order valence-corrected chi connectivity index (χ4v) is 6.59. The zero-order chi connectivity index (χ0) is 40.6. The van der Waals surface area contributed by atoms with E-state index >= 15 is 0 Å². The molecule has 2 saturated heterocycles. The zero-order valence-corrected chi connectivity index (χ0v) is 31.8. The fourth-order valence-electron chi connectivity index (χ4n) is 6.59. The number of carbonyl (C=O) groups excluding carboxylic acids is 5. The summed E-state index contributed by atoms with van der Waals surface area (Å²) in [6.45, 7) is 3.96. The summed E-state index contributed by atoms with van der Waals surface area (Å²) in [6.07, 6.45) is 1.43. The van der Waals surface area contributed by atoms with E-state index in [1.807, 2.05) is 44.2 Å². The third-order valence-electron chi connectivity index (χ3n) is 9.36. The first-order valence-corrected chi connectivity index (χ1v) is 18.8. The molecule has 0 saturated carbocycles. The summed E-state index contributed by atoms with van der Waals surface area (Å²) >= 11 is 0. The first kappa shape index (κ1) is 42.7. The van der Waals surface area contributed by atoms with Crippen molar-refractivity contribution in [3.63, 3.8) is 0 Å². The van der Waals surface area contributed by atoms with Crippen molar-refractivity contribution in [1.82, 2.24) is 25.4 Å². The third-order valence-corrected chi connectivity index (χ3v) is 9.36. The minimum absolute atomic E-state index is 0.0180. The molecular weight excluding hydrogens is 724 g/mol. The molecule has 2 aromatic carbocycles. The number of rotatable bonds is 18. The summed E-state index contributed by atoms with van der Waals surface area (Å²) in [4.78, 5) is 86.5. The van der Waals surface area contributed by atoms with Gasteiger partial charge in [-0.2, -0.15) is 5.01 Å². The number of nitrogens with zero attached hydrogens (tertiary/aromatic N) is 6. The Kier molecular flexibility index (Phi) is 16.1. The number of aliphatic carboxylic acids is 1. The number of ether oxygens (including phenoxy) is 1. The smallest absolute Gasteiger partial charge is 0.410 e. The van der Waals surface area contributed by atoms with Crippen LogP contribution in [0.5, 0.6) is 0 Å². The van der Waals surface area contributed by atoms with Crippen LogP contribution in [0.1, 0.15) is 64.4 Å². The molecule has 4 atom stereocenters. The van der Waals surface area contributed by atoms with Gasteiger partial charge in [-0.15, -0.1) is 5.11 Å². The monoisotopic (exact) mass is 776 g/mol. The van der Waals surface area contributed by atoms with Crippen LogP contribution in [-0.2, 0) is 35.3 Å². The van der Waals surface area contributed by atoms with Gasteiger partial charge >= 0.3 is 12.1 Å². The van der Waals surface area contributed by atoms with E-state index in [2.05, 4.69) is 26.0 Å². The molecule has 18 heteroatoms. The Morgan fingerprint density at radius 1 is 0.929 bits per heavy atom. The maximum Gasteiger partial charge on any atom is 0.410 e. The topological polar surface area (TPSA) is 255 Å². The molecule has 2 aliphatic rings. The van der Waals surface area contributed by atoms with E-state index in [1.165, 1.54) is 9.80 Å². The molecule has 0 aromatic heterocycles. The number of guanidine groups is 1. The van der Waals surface area contributed by atoms with Crippen molar-refractivity contribution in [2.24, 2.45) is 32.7 Å². The highest BCUT2D eigenvalue weighted by atomic mass is 16.6. The van der Waals surface area contributed by atoms with Gasteiger partial charge < -0.3 is 36.8 Å². The summed E-state index contributed by atoms with van der Waals surface area (Å²) in [7, 11) is 0. The molecule has 0 aliphatic carbocycles. The Morgan fingerprint density at radius 3 is 2.21 bits per heavy atom. The summed E-state index contributed by atoms with van der Waals surface area (Å²) < 4.78 is 5.46. The number of carboxylic acids is 1. The van der Waals surface area contributed by atoms with Crippen LogP contribution in [0.4, 0.5) is 10.5 Å². The maximum absolute atomic E-state index is 14.0. The number of carbonyl (C=O) groups is 6. The van der Waals surface area contributed by atoms with Crippen molar-refractivity contribution < 1.29 is 38.6 Å². The second-order valence-corrected chi connectivity index (χ2v) is 14.1. The number of carboxylic acid groups (broad SMARTS) is 1. The Labute approximate surface area is 325 Å². The van der Waals surface area contributed by atoms with Crippen molar-refractivity contribution in [2.45, 2.75) is 89.6 Å². The number of hydrogen-bond donors (Lipinski definition) is 5. The van der Waals surface area contributed by atoms with Gasteiger partial charge in [0.2, 0.25) is 17.7 Å². The molecule has 4 rings (SSSR count). The van der Waals surface area contributed by atoms with E-state index < -0.39 is 66.4 Å². The highest BCUT2D eigenvalue weighted by Gasteiger charge is 2.41. The van der Waals surface area contributed by atoms with E-state index in [0.29, 0.717) is 31.5 Å². The van der Waals surface area contributed by atoms with Gasteiger partial charge in [-0.1, -0.05) is 67.6 Å². The second-order valence-electron chi connectivity index (χ2n) is 14.1. The number of nitrogens with two attached hydrogens (primary N) is 2. The number of benzene rings is 2. The van der Waals surface area contributed by atoms with E-state index in [1.54, 1.807) is 30.3 Å². The normalized spacial score (nSPS) is 17.6. The average molecular weight is 777 g/mol. The standard InChI is InChI=1S/C38H52N10O8/c1-25(2)22-28(43-34(51)29-17-10-21-47(29)38(55)56-24-26-12-5-3-6-13-26)33(50)42-23-32(49)46-20-11-18-30(46)35(52)48(45-44-27-14-7-4-8-15-27)31(36(53)54)16-9-19-41-37(39)40/h3-8,12-15,25,28-31H,9-11,16-24H2,1-2H3,(H,42,50)(H,43,51)(H,53,54)(H4,39,40,41)/t28-,29-,30-,31-/m0/s1. The molecule has 2 heterocycles. The van der Waals surface area contributed by atoms with Gasteiger partial charge in [0.25, 0.3) is 5.91 Å². The quantitative estimate of drug-likeness (QED) is 0.0486. The van der Waals surface area contributed by atoms with Crippen LogP contribution in [0.15, 0.2) is 76.0 Å². The van der Waals surface area contributed by atoms with Crippen LogP contribution < -0.4 is 22.1 Å². The van der Waals surface area contributed by atoms with Gasteiger partial charge in [0.15, 0.2) is 12.0 Å². The van der Waals surface area contributed by atoms with Crippen LogP contribution in [-0.4, -0.2) is 112 Å². The van der Waals surface area contributed by atoms with Gasteiger partial charge in [-0.25, -0.2) is 9.59 Å². The summed E-state index contributed by atoms with van der Waals surface area (Å²) in [5, 5.41) is 24.5. The van der Waals surface area contributed by atoms with Crippen molar-refractivity contribution in [2.75, 3.05) is 26.2 Å². The third kappa shape index (κ3) is 12.5. The lowest BCUT2D eigenvalue weighted by molar-refractivity contribution is -0.154. The van der Waals surface area contributed by atoms with Gasteiger partial charge in [0.1, 0.15) is 24.7 Å². The van der Waals surface area contributed by atoms with Crippen molar-refractivity contribution >= 4 is 47.3 Å². The largest absolute Gasteiger partial charge is 0.480 e. The van der Waals surface area contributed by atoms with Gasteiger partial charge in [-0.05, 0) is 68.6 Å². The average Bonchev–Trinajstić information content (AvgIpc) is 3.88. The molecule has 0 spiro atoms. The van der Waals surface area contributed by atoms with Crippen molar-refractivity contribution in [3.05, 3.63) is 66.2 Å². The van der Waals surface area contributed by atoms with E-state index in [9.17, 15) is 33.9 Å². The molecule has 2 aromatic rings. The molecule has 2 aliphatic heterocycles. The molecule has 302 valence electrons. The molecule has 18 nitrogen and oxygen atoms in total. The van der Waals surface area contributed by atoms with Crippen LogP contribution in [0, 0.1) is 5.92 Å².